The van der Waals surface area contributed by atoms with Crippen LogP contribution in [0.4, 0.5) is 0 Å². The van der Waals surface area contributed by atoms with Gasteiger partial charge in [-0.3, -0.25) is 9.78 Å². The topological polar surface area (TPSA) is 45.2 Å². The summed E-state index contributed by atoms with van der Waals surface area (Å²) in [7, 11) is 0. The molecule has 0 aliphatic carbocycles. The van der Waals surface area contributed by atoms with Crippen molar-refractivity contribution < 1.29 is 4.79 Å². The number of hydrogen-bond donors (Lipinski definition) is 1. The van der Waals surface area contributed by atoms with Gasteiger partial charge in [-0.05, 0) is 67.7 Å². The zero-order valence-corrected chi connectivity index (χ0v) is 16.0. The number of nitrogens with one attached hydrogen (secondary N) is 1. The van der Waals surface area contributed by atoms with E-state index in [-0.39, 0.29) is 11.9 Å². The van der Waals surface area contributed by atoms with E-state index < -0.39 is 0 Å². The highest BCUT2D eigenvalue weighted by Crippen LogP contribution is 2.25. The maximum absolute atomic E-state index is 12.7. The number of benzene rings is 1. The normalized spacial score (nSPS) is 17.0. The van der Waals surface area contributed by atoms with E-state index in [1.165, 1.54) is 0 Å². The van der Waals surface area contributed by atoms with Crippen LogP contribution in [-0.2, 0) is 4.79 Å². The van der Waals surface area contributed by atoms with E-state index in [2.05, 4.69) is 22.1 Å². The monoisotopic (exact) mass is 371 g/mol. The molecule has 1 amide bonds. The fourth-order valence-electron chi connectivity index (χ4n) is 3.55. The third-order valence-electron chi connectivity index (χ3n) is 5.15. The lowest BCUT2D eigenvalue weighted by molar-refractivity contribution is -0.122. The van der Waals surface area contributed by atoms with Crippen molar-refractivity contribution in [3.05, 3.63) is 64.9 Å². The van der Waals surface area contributed by atoms with Crippen LogP contribution in [0, 0.1) is 5.92 Å². The first-order valence-electron chi connectivity index (χ1n) is 9.33. The number of nitrogens with zero attached hydrogens (tertiary/aromatic N) is 2. The fraction of sp³-hybridized carbons (Fsp3) is 0.429. The molecular weight excluding hydrogens is 346 g/mol. The van der Waals surface area contributed by atoms with Crippen molar-refractivity contribution in [2.45, 2.75) is 32.2 Å². The number of carbonyl (C=O) groups excluding carboxylic acids is 1. The lowest BCUT2D eigenvalue weighted by atomic mass is 9.92. The summed E-state index contributed by atoms with van der Waals surface area (Å²) in [5, 5.41) is 3.89. The summed E-state index contributed by atoms with van der Waals surface area (Å²) >= 11 is 6.02. The van der Waals surface area contributed by atoms with Gasteiger partial charge in [0.1, 0.15) is 0 Å². The molecule has 2 aromatic rings. The number of amides is 1. The van der Waals surface area contributed by atoms with Crippen molar-refractivity contribution in [3.8, 4) is 0 Å². The van der Waals surface area contributed by atoms with Gasteiger partial charge in [0, 0.05) is 23.8 Å². The summed E-state index contributed by atoms with van der Waals surface area (Å²) in [6, 6.07) is 11.3. The van der Waals surface area contributed by atoms with Gasteiger partial charge in [0.25, 0.3) is 0 Å². The molecule has 3 rings (SSSR count). The molecular formula is C21H26ClN3O. The van der Waals surface area contributed by atoms with Crippen molar-refractivity contribution in [2.75, 3.05) is 19.6 Å². The van der Waals surface area contributed by atoms with Crippen LogP contribution >= 0.6 is 11.6 Å². The zero-order chi connectivity index (χ0) is 18.4. The van der Waals surface area contributed by atoms with Crippen molar-refractivity contribution in [1.29, 1.82) is 0 Å². The maximum atomic E-state index is 12.7. The van der Waals surface area contributed by atoms with Crippen molar-refractivity contribution in [2.24, 2.45) is 5.92 Å². The standard InChI is InChI=1S/C21H26ClN3O/c1-2-25-12-9-16(10-13-25)14-20(26)24-21(18-4-3-11-23-15-18)17-5-7-19(22)8-6-17/h3-8,11,15-16,21H,2,9-10,12-14H2,1H3,(H,24,26). The van der Waals surface area contributed by atoms with Crippen LogP contribution in [0.15, 0.2) is 48.8 Å². The van der Waals surface area contributed by atoms with Gasteiger partial charge < -0.3 is 10.2 Å². The van der Waals surface area contributed by atoms with E-state index >= 15 is 0 Å². The van der Waals surface area contributed by atoms with Gasteiger partial charge in [0.15, 0.2) is 0 Å². The number of rotatable bonds is 6. The average molecular weight is 372 g/mol. The largest absolute Gasteiger partial charge is 0.345 e. The number of pyridine rings is 1. The predicted molar refractivity (Wildman–Crippen MR) is 105 cm³/mol. The molecule has 0 radical (unpaired) electrons. The Labute approximate surface area is 160 Å². The maximum Gasteiger partial charge on any atom is 0.221 e. The molecule has 0 saturated carbocycles. The summed E-state index contributed by atoms with van der Waals surface area (Å²) in [5.74, 6) is 0.571. The highest BCUT2D eigenvalue weighted by Gasteiger charge is 2.23. The molecule has 1 aromatic carbocycles. The van der Waals surface area contributed by atoms with Crippen molar-refractivity contribution in [3.63, 3.8) is 0 Å². The van der Waals surface area contributed by atoms with E-state index in [1.54, 1.807) is 12.4 Å². The Morgan fingerprint density at radius 3 is 2.58 bits per heavy atom. The molecule has 1 atom stereocenters. The van der Waals surface area contributed by atoms with Crippen LogP contribution in [0.2, 0.25) is 5.02 Å². The highest BCUT2D eigenvalue weighted by molar-refractivity contribution is 6.30. The van der Waals surface area contributed by atoms with Crippen LogP contribution < -0.4 is 5.32 Å². The smallest absolute Gasteiger partial charge is 0.221 e. The second-order valence-corrected chi connectivity index (χ2v) is 7.36. The van der Waals surface area contributed by atoms with E-state index in [9.17, 15) is 4.79 Å². The van der Waals surface area contributed by atoms with Gasteiger partial charge in [-0.25, -0.2) is 0 Å². The quantitative estimate of drug-likeness (QED) is 0.832. The van der Waals surface area contributed by atoms with Gasteiger partial charge in [0.05, 0.1) is 6.04 Å². The first-order chi connectivity index (χ1) is 12.7. The molecule has 138 valence electrons. The highest BCUT2D eigenvalue weighted by atomic mass is 35.5. The van der Waals surface area contributed by atoms with Crippen LogP contribution in [0.1, 0.15) is 43.4 Å². The van der Waals surface area contributed by atoms with Crippen molar-refractivity contribution in [1.82, 2.24) is 15.2 Å². The number of halogens is 1. The number of carbonyl (C=O) groups is 1. The van der Waals surface area contributed by atoms with Gasteiger partial charge in [-0.15, -0.1) is 0 Å². The average Bonchev–Trinajstić information content (AvgIpc) is 2.68. The zero-order valence-electron chi connectivity index (χ0n) is 15.2. The molecule has 1 fully saturated rings. The van der Waals surface area contributed by atoms with E-state index in [4.69, 9.17) is 11.6 Å². The SMILES string of the molecule is CCN1CCC(CC(=O)NC(c2ccc(Cl)cc2)c2cccnc2)CC1. The van der Waals surface area contributed by atoms with E-state index in [0.717, 1.165) is 43.6 Å². The molecule has 0 bridgehead atoms. The Bertz CT molecular complexity index is 697. The molecule has 1 unspecified atom stereocenters. The minimum Gasteiger partial charge on any atom is -0.345 e. The second-order valence-electron chi connectivity index (χ2n) is 6.92. The molecule has 1 N–H and O–H groups in total. The number of aromatic nitrogens is 1. The molecule has 0 spiro atoms. The van der Waals surface area contributed by atoms with E-state index in [0.29, 0.717) is 17.4 Å². The molecule has 2 heterocycles. The third-order valence-corrected chi connectivity index (χ3v) is 5.41. The number of piperidine rings is 1. The summed E-state index contributed by atoms with van der Waals surface area (Å²) in [6.45, 7) is 5.48. The minimum atomic E-state index is -0.204. The molecule has 4 nitrogen and oxygen atoms in total. The molecule has 1 aliphatic rings. The Morgan fingerprint density at radius 1 is 1.23 bits per heavy atom. The molecule has 1 saturated heterocycles. The van der Waals surface area contributed by atoms with Gasteiger partial charge >= 0.3 is 0 Å². The molecule has 1 aliphatic heterocycles. The fourth-order valence-corrected chi connectivity index (χ4v) is 3.68. The summed E-state index contributed by atoms with van der Waals surface area (Å²) < 4.78 is 0. The lowest BCUT2D eigenvalue weighted by Crippen LogP contribution is -2.36. The number of likely N-dealkylation sites (tertiary alicyclic amines) is 1. The first-order valence-corrected chi connectivity index (χ1v) is 9.70. The third kappa shape index (κ3) is 5.05. The van der Waals surface area contributed by atoms with Crippen LogP contribution in [0.5, 0.6) is 0 Å². The van der Waals surface area contributed by atoms with Crippen LogP contribution in [0.3, 0.4) is 0 Å². The lowest BCUT2D eigenvalue weighted by Gasteiger charge is -2.31. The van der Waals surface area contributed by atoms with Gasteiger partial charge in [-0.2, -0.15) is 0 Å². The Morgan fingerprint density at radius 2 is 1.96 bits per heavy atom. The van der Waals surface area contributed by atoms with E-state index in [1.807, 2.05) is 36.4 Å². The predicted octanol–water partition coefficient (Wildman–Crippen LogP) is 4.06. The van der Waals surface area contributed by atoms with Gasteiger partial charge in [-0.1, -0.05) is 36.7 Å². The Hall–Kier alpha value is -1.91. The Kier molecular flexibility index (Phi) is 6.64. The van der Waals surface area contributed by atoms with Crippen molar-refractivity contribution >= 4 is 17.5 Å². The second kappa shape index (κ2) is 9.15. The van der Waals surface area contributed by atoms with Crippen LogP contribution in [0.25, 0.3) is 0 Å². The molecule has 5 heteroatoms. The minimum absolute atomic E-state index is 0.101. The summed E-state index contributed by atoms with van der Waals surface area (Å²) in [6.07, 6.45) is 6.33. The first kappa shape index (κ1) is 18.9. The Balaban J connectivity index is 1.68. The summed E-state index contributed by atoms with van der Waals surface area (Å²) in [4.78, 5) is 19.4. The number of hydrogen-bond acceptors (Lipinski definition) is 3. The molecule has 26 heavy (non-hydrogen) atoms. The molecule has 1 aromatic heterocycles. The summed E-state index contributed by atoms with van der Waals surface area (Å²) in [5.41, 5.74) is 1.99. The van der Waals surface area contributed by atoms with Crippen LogP contribution in [-0.4, -0.2) is 35.4 Å². The van der Waals surface area contributed by atoms with Gasteiger partial charge in [0.2, 0.25) is 5.91 Å².